The Hall–Kier alpha value is -4.16. The van der Waals surface area contributed by atoms with E-state index >= 15 is 0 Å². The van der Waals surface area contributed by atoms with Gasteiger partial charge < -0.3 is 54.7 Å². The van der Waals surface area contributed by atoms with Gasteiger partial charge in [0, 0.05) is 81.3 Å². The molecule has 4 aliphatic heterocycles. The summed E-state index contributed by atoms with van der Waals surface area (Å²) >= 11 is 0. The van der Waals surface area contributed by atoms with Gasteiger partial charge in [0.25, 0.3) is 0 Å². The number of hydrogen-bond acceptors (Lipinski definition) is 14. The number of nitrogens with one attached hydrogen (secondary N) is 2. The van der Waals surface area contributed by atoms with Gasteiger partial charge in [-0.1, -0.05) is 12.1 Å². The molecular weight excluding hydrogens is 682 g/mol. The van der Waals surface area contributed by atoms with Gasteiger partial charge in [-0.3, -0.25) is 24.1 Å². The fourth-order valence-corrected chi connectivity index (χ4v) is 7.89. The molecule has 16 heteroatoms. The van der Waals surface area contributed by atoms with Crippen molar-refractivity contribution in [2.75, 3.05) is 47.1 Å². The van der Waals surface area contributed by atoms with Crippen molar-refractivity contribution in [3.63, 3.8) is 0 Å². The van der Waals surface area contributed by atoms with Crippen LogP contribution < -0.4 is 15.4 Å². The molecule has 282 valence electrons. The van der Waals surface area contributed by atoms with Crippen molar-refractivity contribution in [3.05, 3.63) is 51.6 Å². The van der Waals surface area contributed by atoms with Crippen LogP contribution >= 0.6 is 0 Å². The summed E-state index contributed by atoms with van der Waals surface area (Å²) in [6.45, 7) is 5.85. The molecular formula is C36H45N3O13. The van der Waals surface area contributed by atoms with Gasteiger partial charge >= 0.3 is 0 Å². The van der Waals surface area contributed by atoms with Crippen LogP contribution in [0.3, 0.4) is 0 Å². The number of aliphatic hydroxyl groups excluding tert-OH is 2. The van der Waals surface area contributed by atoms with E-state index in [1.54, 1.807) is 13.2 Å². The number of phenolic OH excluding ortho intramolecular Hbond substituents is 2. The van der Waals surface area contributed by atoms with Crippen molar-refractivity contribution in [1.82, 2.24) is 15.5 Å². The van der Waals surface area contributed by atoms with E-state index in [0.717, 1.165) is 26.2 Å². The third-order valence-electron chi connectivity index (χ3n) is 10.4. The van der Waals surface area contributed by atoms with E-state index < -0.39 is 35.3 Å². The smallest absolute Gasteiger partial charge is 0.220 e. The van der Waals surface area contributed by atoms with Crippen LogP contribution in [0.15, 0.2) is 18.2 Å². The van der Waals surface area contributed by atoms with E-state index in [2.05, 4.69) is 22.5 Å². The zero-order valence-electron chi connectivity index (χ0n) is 29.2. The number of benzene rings is 2. The third-order valence-corrected chi connectivity index (χ3v) is 10.4. The lowest BCUT2D eigenvalue weighted by atomic mass is 9.76. The Kier molecular flexibility index (Phi) is 11.4. The highest BCUT2D eigenvalue weighted by Gasteiger charge is 2.51. The first-order chi connectivity index (χ1) is 25.0. The van der Waals surface area contributed by atoms with Crippen LogP contribution in [0.25, 0.3) is 0 Å². The van der Waals surface area contributed by atoms with Crippen LogP contribution in [0.2, 0.25) is 0 Å². The largest absolute Gasteiger partial charge is 0.507 e. The van der Waals surface area contributed by atoms with Crippen molar-refractivity contribution >= 4 is 23.9 Å². The summed E-state index contributed by atoms with van der Waals surface area (Å²) in [5.41, 5.74) is -0.529. The minimum Gasteiger partial charge on any atom is -0.507 e. The monoisotopic (exact) mass is 727 g/mol. The Morgan fingerprint density at radius 2 is 1.79 bits per heavy atom. The molecule has 8 atom stereocenters. The SMILES string of the molecule is COC1OCCN2C3CCOC(C)C3O[C@H]12.COc1cccc2c1C(=O)c1c(O)c3c(c(O)c1C2=O)CC(O)CC3O.O=CNCC1CNC(=O)C1. The number of methoxy groups -OCH3 is 2. The van der Waals surface area contributed by atoms with Gasteiger partial charge in [-0.25, -0.2) is 0 Å². The number of amides is 2. The standard InChI is InChI=1S/C19H16O7.C11H19NO4.C6H10N2O2/c1-26-11-4-2-3-8-13(11)19(25)15-14(16(8)22)17(23)9-5-7(20)6-10(21)12(9)18(15)24;1-7-9-8(3-5-14-7)12-4-6-15-11(13-2)10(12)16-9;9-4-7-2-5-1-6(10)8-3-5/h2-4,7,10,20-21,23-24H,5-6H2,1H3;7-11H,3-6H2,1-2H3;4-5H,1-3H2,(H,7,9)(H,8,10)/t;7?,8?,9?,10-,11?;/m.1./s1. The molecule has 6 N–H and O–H groups in total. The quantitative estimate of drug-likeness (QED) is 0.154. The van der Waals surface area contributed by atoms with Crippen LogP contribution in [0, 0.1) is 5.92 Å². The lowest BCUT2D eigenvalue weighted by molar-refractivity contribution is -0.246. The molecule has 0 saturated carbocycles. The van der Waals surface area contributed by atoms with Crippen molar-refractivity contribution in [2.45, 2.75) is 75.6 Å². The van der Waals surface area contributed by atoms with Crippen LogP contribution in [-0.2, 0) is 35.0 Å². The minimum atomic E-state index is -1.26. The summed E-state index contributed by atoms with van der Waals surface area (Å²) in [5.74, 6) is -1.77. The molecule has 8 rings (SSSR count). The average Bonchev–Trinajstić information content (AvgIpc) is 3.74. The van der Waals surface area contributed by atoms with Crippen molar-refractivity contribution in [1.29, 1.82) is 0 Å². The number of aliphatic hydroxyl groups is 2. The number of carbonyl (C=O) groups is 4. The molecule has 4 saturated heterocycles. The van der Waals surface area contributed by atoms with E-state index in [1.165, 1.54) is 19.2 Å². The number of aromatic hydroxyl groups is 2. The first kappa shape index (κ1) is 37.6. The summed E-state index contributed by atoms with van der Waals surface area (Å²) < 4.78 is 27.7. The highest BCUT2D eigenvalue weighted by atomic mass is 16.7. The first-order valence-electron chi connectivity index (χ1n) is 17.3. The number of phenols is 2. The molecule has 6 aliphatic rings. The van der Waals surface area contributed by atoms with Crippen molar-refractivity contribution in [3.8, 4) is 17.2 Å². The Labute approximate surface area is 299 Å². The summed E-state index contributed by atoms with van der Waals surface area (Å²) in [4.78, 5) is 48.8. The van der Waals surface area contributed by atoms with Crippen LogP contribution in [-0.4, -0.2) is 133 Å². The number of carbonyl (C=O) groups excluding carboxylic acids is 4. The Balaban J connectivity index is 0.000000151. The average molecular weight is 728 g/mol. The second-order valence-electron chi connectivity index (χ2n) is 13.5. The molecule has 0 radical (unpaired) electrons. The highest BCUT2D eigenvalue weighted by Crippen LogP contribution is 2.49. The molecule has 2 amide bonds. The first-order valence-corrected chi connectivity index (χ1v) is 17.3. The third kappa shape index (κ3) is 6.99. The van der Waals surface area contributed by atoms with Gasteiger partial charge in [-0.05, 0) is 19.4 Å². The lowest BCUT2D eigenvalue weighted by Gasteiger charge is -2.37. The number of morpholine rings is 1. The zero-order valence-corrected chi connectivity index (χ0v) is 29.2. The van der Waals surface area contributed by atoms with Gasteiger partial charge in [0.05, 0.1) is 48.7 Å². The normalized spacial score (nSPS) is 30.1. The summed E-state index contributed by atoms with van der Waals surface area (Å²) in [6, 6.07) is 4.99. The van der Waals surface area contributed by atoms with Gasteiger partial charge in [0.1, 0.15) is 23.4 Å². The summed E-state index contributed by atoms with van der Waals surface area (Å²) in [5, 5.41) is 46.6. The molecule has 4 fully saturated rings. The predicted molar refractivity (Wildman–Crippen MR) is 180 cm³/mol. The fraction of sp³-hybridized carbons (Fsp3) is 0.556. The fourth-order valence-electron chi connectivity index (χ4n) is 7.89. The molecule has 52 heavy (non-hydrogen) atoms. The minimum absolute atomic E-state index is 0.00693. The van der Waals surface area contributed by atoms with Crippen LogP contribution in [0.1, 0.15) is 75.3 Å². The lowest BCUT2D eigenvalue weighted by Crippen LogP contribution is -2.53. The molecule has 16 nitrogen and oxygen atoms in total. The summed E-state index contributed by atoms with van der Waals surface area (Å²) in [7, 11) is 3.03. The second kappa shape index (κ2) is 15.8. The molecule has 2 aromatic carbocycles. The predicted octanol–water partition coefficient (Wildman–Crippen LogP) is 0.284. The number of fused-ring (bicyclic) bond motifs is 6. The molecule has 7 unspecified atom stereocenters. The van der Waals surface area contributed by atoms with Gasteiger partial charge in [0.15, 0.2) is 18.3 Å². The van der Waals surface area contributed by atoms with Gasteiger partial charge in [0.2, 0.25) is 18.1 Å². The van der Waals surface area contributed by atoms with Crippen LogP contribution in [0.4, 0.5) is 0 Å². The van der Waals surface area contributed by atoms with Crippen molar-refractivity contribution in [2.24, 2.45) is 5.92 Å². The topological polar surface area (TPSA) is 223 Å². The molecule has 0 aromatic heterocycles. The number of hydrogen-bond donors (Lipinski definition) is 6. The second-order valence-corrected chi connectivity index (χ2v) is 13.5. The van der Waals surface area contributed by atoms with E-state index in [-0.39, 0.29) is 88.5 Å². The van der Waals surface area contributed by atoms with E-state index in [4.69, 9.17) is 23.7 Å². The van der Waals surface area contributed by atoms with E-state index in [0.29, 0.717) is 32.0 Å². The van der Waals surface area contributed by atoms with E-state index in [1.807, 2.05) is 0 Å². The zero-order chi connectivity index (χ0) is 37.3. The number of ether oxygens (including phenoxy) is 5. The Bertz CT molecular complexity index is 1700. The molecule has 2 aromatic rings. The van der Waals surface area contributed by atoms with Gasteiger partial charge in [-0.15, -0.1) is 0 Å². The summed E-state index contributed by atoms with van der Waals surface area (Å²) in [6.07, 6.45) is -0.00304. The maximum Gasteiger partial charge on any atom is 0.220 e. The molecule has 2 aliphatic carbocycles. The van der Waals surface area contributed by atoms with Crippen LogP contribution in [0.5, 0.6) is 17.2 Å². The van der Waals surface area contributed by atoms with Gasteiger partial charge in [-0.2, -0.15) is 0 Å². The number of ketones is 2. The maximum atomic E-state index is 13.0. The molecule has 0 spiro atoms. The maximum absolute atomic E-state index is 13.0. The Morgan fingerprint density at radius 1 is 1.02 bits per heavy atom. The number of rotatable bonds is 5. The highest BCUT2D eigenvalue weighted by molar-refractivity contribution is 6.31. The van der Waals surface area contributed by atoms with E-state index in [9.17, 15) is 39.6 Å². The number of nitrogens with zero attached hydrogens (tertiary/aromatic N) is 1. The molecule has 4 heterocycles. The van der Waals surface area contributed by atoms with Crippen molar-refractivity contribution < 1.29 is 63.3 Å². The Morgan fingerprint density at radius 3 is 2.48 bits per heavy atom. The molecule has 0 bridgehead atoms.